The molecule has 0 spiro atoms. The van der Waals surface area contributed by atoms with E-state index < -0.39 is 5.41 Å². The molecule has 1 saturated heterocycles. The molecule has 156 valence electrons. The van der Waals surface area contributed by atoms with Crippen LogP contribution in [0.3, 0.4) is 0 Å². The summed E-state index contributed by atoms with van der Waals surface area (Å²) >= 11 is 0. The zero-order chi connectivity index (χ0) is 21.1. The average Bonchev–Trinajstić information content (AvgIpc) is 2.69. The molecule has 3 rings (SSSR count). The normalized spacial score (nSPS) is 16.3. The number of amides is 1. The van der Waals surface area contributed by atoms with Gasteiger partial charge in [0.25, 0.3) is 5.91 Å². The summed E-state index contributed by atoms with van der Waals surface area (Å²) in [6, 6.07) is 16.2. The second-order valence-corrected chi connectivity index (χ2v) is 9.19. The van der Waals surface area contributed by atoms with Crippen LogP contribution in [0.2, 0.25) is 0 Å². The first-order chi connectivity index (χ1) is 13.7. The Kier molecular flexibility index (Phi) is 6.30. The lowest BCUT2D eigenvalue weighted by atomic mass is 9.81. The molecule has 1 fully saturated rings. The fourth-order valence-electron chi connectivity index (χ4n) is 3.52. The van der Waals surface area contributed by atoms with E-state index in [-0.39, 0.29) is 17.9 Å². The van der Waals surface area contributed by atoms with Gasteiger partial charge in [-0.15, -0.1) is 0 Å². The lowest BCUT2D eigenvalue weighted by molar-refractivity contribution is -0.183. The monoisotopic (exact) mass is 396 g/mol. The number of carbonyl (C=O) groups excluding carboxylic acids is 1. The maximum atomic E-state index is 12.7. The molecule has 5 heteroatoms. The molecule has 2 aromatic carbocycles. The molecule has 0 bridgehead atoms. The molecule has 0 saturated carbocycles. The summed E-state index contributed by atoms with van der Waals surface area (Å²) < 4.78 is 5.34. The number of hydrogen-bond donors (Lipinski definition) is 2. The Labute approximate surface area is 173 Å². The highest BCUT2D eigenvalue weighted by Gasteiger charge is 2.38. The molecule has 1 aliphatic heterocycles. The second kappa shape index (κ2) is 8.56. The average molecular weight is 397 g/mol. The van der Waals surface area contributed by atoms with Gasteiger partial charge in [0.05, 0.1) is 12.0 Å². The molecule has 1 aliphatic rings. The van der Waals surface area contributed by atoms with E-state index in [1.165, 1.54) is 5.56 Å². The molecule has 1 amide bonds. The Bertz CT molecular complexity index is 834. The first kappa shape index (κ1) is 21.3. The van der Waals surface area contributed by atoms with Gasteiger partial charge in [0.15, 0.2) is 0 Å². The van der Waals surface area contributed by atoms with Crippen molar-refractivity contribution in [3.63, 3.8) is 0 Å². The highest BCUT2D eigenvalue weighted by molar-refractivity contribution is 5.81. The lowest BCUT2D eigenvalue weighted by Crippen LogP contribution is -2.43. The minimum atomic E-state index is -0.549. The zero-order valence-electron chi connectivity index (χ0n) is 17.9. The Morgan fingerprint density at radius 2 is 1.76 bits per heavy atom. The van der Waals surface area contributed by atoms with Crippen molar-refractivity contribution in [2.45, 2.75) is 52.5 Å². The molecule has 1 heterocycles. The fraction of sp³-hybridized carbons (Fsp3) is 0.458. The van der Waals surface area contributed by atoms with Crippen molar-refractivity contribution in [3.8, 4) is 0 Å². The van der Waals surface area contributed by atoms with Gasteiger partial charge in [-0.2, -0.15) is 0 Å². The van der Waals surface area contributed by atoms with Crippen LogP contribution in [0.25, 0.3) is 0 Å². The molecular weight excluding hydrogens is 364 g/mol. The predicted octanol–water partition coefficient (Wildman–Crippen LogP) is 5.26. The van der Waals surface area contributed by atoms with E-state index in [1.807, 2.05) is 37.3 Å². The van der Waals surface area contributed by atoms with E-state index in [0.717, 1.165) is 22.0 Å². The van der Waals surface area contributed by atoms with Gasteiger partial charge in [-0.05, 0) is 53.6 Å². The zero-order valence-corrected chi connectivity index (χ0v) is 17.9. The van der Waals surface area contributed by atoms with Crippen LogP contribution in [0.15, 0.2) is 48.5 Å². The van der Waals surface area contributed by atoms with Gasteiger partial charge < -0.3 is 10.1 Å². The van der Waals surface area contributed by atoms with Gasteiger partial charge in [-0.25, -0.2) is 5.06 Å². The third-order valence-electron chi connectivity index (χ3n) is 5.65. The molecule has 0 unspecified atom stereocenters. The summed E-state index contributed by atoms with van der Waals surface area (Å²) in [6.07, 6.45) is 1.28. The van der Waals surface area contributed by atoms with Crippen molar-refractivity contribution in [3.05, 3.63) is 59.7 Å². The maximum absolute atomic E-state index is 12.7. The van der Waals surface area contributed by atoms with Crippen LogP contribution in [-0.4, -0.2) is 29.4 Å². The number of hydrogen-bond acceptors (Lipinski definition) is 4. The number of anilines is 2. The third kappa shape index (κ3) is 5.37. The number of nitrogens with zero attached hydrogens (tertiary/aromatic N) is 1. The van der Waals surface area contributed by atoms with Gasteiger partial charge >= 0.3 is 0 Å². The molecule has 0 aliphatic carbocycles. The highest BCUT2D eigenvalue weighted by atomic mass is 16.5. The first-order valence-electron chi connectivity index (χ1n) is 10.2. The van der Waals surface area contributed by atoms with Gasteiger partial charge in [-0.3, -0.25) is 10.0 Å². The molecular formula is C24H32N2O3. The van der Waals surface area contributed by atoms with E-state index in [0.29, 0.717) is 26.1 Å². The minimum Gasteiger partial charge on any atom is -0.381 e. The minimum absolute atomic E-state index is 0.0970. The van der Waals surface area contributed by atoms with Gasteiger partial charge in [0.1, 0.15) is 0 Å². The molecule has 0 aromatic heterocycles. The van der Waals surface area contributed by atoms with Crippen LogP contribution in [0.1, 0.15) is 51.7 Å². The number of rotatable bonds is 5. The standard InChI is InChI=1S/C24H32N2O3/c1-23(2,3)19-6-5-7-21(16-19)25-20-10-8-18(9-11-20)17-26(28)22(27)24(4)12-14-29-15-13-24/h5-11,16,25,28H,12-15,17H2,1-4H3. The van der Waals surface area contributed by atoms with Crippen molar-refractivity contribution in [2.24, 2.45) is 5.41 Å². The van der Waals surface area contributed by atoms with Crippen LogP contribution in [0.4, 0.5) is 11.4 Å². The van der Waals surface area contributed by atoms with Crippen LogP contribution in [-0.2, 0) is 21.5 Å². The summed E-state index contributed by atoms with van der Waals surface area (Å²) in [5.41, 5.74) is 3.70. The Balaban J connectivity index is 1.62. The predicted molar refractivity (Wildman–Crippen MR) is 115 cm³/mol. The molecule has 5 nitrogen and oxygen atoms in total. The number of carbonyl (C=O) groups is 1. The van der Waals surface area contributed by atoms with Crippen molar-refractivity contribution in [1.82, 2.24) is 5.06 Å². The fourth-order valence-corrected chi connectivity index (χ4v) is 3.52. The van der Waals surface area contributed by atoms with Crippen molar-refractivity contribution in [2.75, 3.05) is 18.5 Å². The molecule has 0 atom stereocenters. The second-order valence-electron chi connectivity index (χ2n) is 9.19. The molecule has 0 radical (unpaired) electrons. The summed E-state index contributed by atoms with van der Waals surface area (Å²) in [5, 5.41) is 14.6. The SMILES string of the molecule is CC1(C(=O)N(O)Cc2ccc(Nc3cccc(C(C)(C)C)c3)cc2)CCOCC1. The van der Waals surface area contributed by atoms with Crippen LogP contribution < -0.4 is 5.32 Å². The quantitative estimate of drug-likeness (QED) is 0.534. The lowest BCUT2D eigenvalue weighted by Gasteiger charge is -2.34. The summed E-state index contributed by atoms with van der Waals surface area (Å²) in [5.74, 6) is -0.234. The van der Waals surface area contributed by atoms with Crippen molar-refractivity contribution >= 4 is 17.3 Å². The Morgan fingerprint density at radius 3 is 2.38 bits per heavy atom. The number of nitrogens with one attached hydrogen (secondary N) is 1. The maximum Gasteiger partial charge on any atom is 0.252 e. The number of benzene rings is 2. The van der Waals surface area contributed by atoms with E-state index in [4.69, 9.17) is 4.74 Å². The molecule has 2 N–H and O–H groups in total. The number of hydroxylamine groups is 2. The van der Waals surface area contributed by atoms with E-state index in [9.17, 15) is 10.0 Å². The summed E-state index contributed by atoms with van der Waals surface area (Å²) in [4.78, 5) is 12.7. The topological polar surface area (TPSA) is 61.8 Å². The highest BCUT2D eigenvalue weighted by Crippen LogP contribution is 2.32. The van der Waals surface area contributed by atoms with Crippen LogP contribution in [0.5, 0.6) is 0 Å². The van der Waals surface area contributed by atoms with E-state index in [2.05, 4.69) is 44.3 Å². The Hall–Kier alpha value is -2.37. The van der Waals surface area contributed by atoms with Gasteiger partial charge in [-0.1, -0.05) is 52.0 Å². The smallest absolute Gasteiger partial charge is 0.252 e. The van der Waals surface area contributed by atoms with Crippen LogP contribution >= 0.6 is 0 Å². The van der Waals surface area contributed by atoms with Gasteiger partial charge in [0.2, 0.25) is 0 Å². The van der Waals surface area contributed by atoms with Gasteiger partial charge in [0, 0.05) is 24.6 Å². The molecule has 2 aromatic rings. The van der Waals surface area contributed by atoms with E-state index in [1.54, 1.807) is 0 Å². The summed E-state index contributed by atoms with van der Waals surface area (Å²) in [7, 11) is 0. The summed E-state index contributed by atoms with van der Waals surface area (Å²) in [6.45, 7) is 9.80. The van der Waals surface area contributed by atoms with E-state index >= 15 is 0 Å². The van der Waals surface area contributed by atoms with Crippen LogP contribution in [0, 0.1) is 5.41 Å². The Morgan fingerprint density at radius 1 is 1.10 bits per heavy atom. The van der Waals surface area contributed by atoms with Crippen molar-refractivity contribution < 1.29 is 14.7 Å². The third-order valence-corrected chi connectivity index (χ3v) is 5.65. The molecule has 29 heavy (non-hydrogen) atoms. The first-order valence-corrected chi connectivity index (χ1v) is 10.2. The number of ether oxygens (including phenoxy) is 1. The van der Waals surface area contributed by atoms with Crippen molar-refractivity contribution in [1.29, 1.82) is 0 Å². The largest absolute Gasteiger partial charge is 0.381 e.